The van der Waals surface area contributed by atoms with Crippen LogP contribution in [-0.2, 0) is 9.13 Å². The predicted molar refractivity (Wildman–Crippen MR) is 57.3 cm³/mol. The van der Waals surface area contributed by atoms with Crippen molar-refractivity contribution in [2.75, 3.05) is 6.54 Å². The van der Waals surface area contributed by atoms with E-state index in [9.17, 15) is 9.13 Å². The topological polar surface area (TPSA) is 139 Å². The first-order chi connectivity index (χ1) is 6.59. The van der Waals surface area contributed by atoms with Crippen molar-refractivity contribution < 1.29 is 28.7 Å². The summed E-state index contributed by atoms with van der Waals surface area (Å²) in [6.45, 7) is 2.03. The third-order valence-corrected chi connectivity index (χ3v) is 4.83. The van der Waals surface area contributed by atoms with Gasteiger partial charge in [-0.25, -0.2) is 0 Å². The molecule has 0 saturated heterocycles. The highest BCUT2D eigenvalue weighted by Gasteiger charge is 2.43. The Kier molecular flexibility index (Phi) is 5.35. The third-order valence-electron chi connectivity index (χ3n) is 1.23. The Labute approximate surface area is 91.4 Å². The van der Waals surface area contributed by atoms with E-state index in [1.165, 1.54) is 0 Å². The minimum Gasteiger partial charge on any atom is -0.363 e. The molecule has 15 heavy (non-hydrogen) atoms. The largest absolute Gasteiger partial charge is 0.363 e. The highest BCUT2D eigenvalue weighted by atomic mass is 32.1. The zero-order valence-electron chi connectivity index (χ0n) is 7.69. The Balaban J connectivity index is 4.78. The standard InChI is InChI=1S/C4H12N2O6P2S/c1-2-5-3(15)6-4(13(7,8)9)14(10,11)12/h4H,2H2,1H3,(H2,5,6,15)(H2,7,8,9)(H2,10,11,12). The van der Waals surface area contributed by atoms with Gasteiger partial charge in [0.2, 0.25) is 5.52 Å². The summed E-state index contributed by atoms with van der Waals surface area (Å²) < 4.78 is 21.5. The molecule has 0 bridgehead atoms. The molecule has 0 aromatic heterocycles. The first kappa shape index (κ1) is 15.0. The van der Waals surface area contributed by atoms with Gasteiger partial charge in [0.05, 0.1) is 0 Å². The lowest BCUT2D eigenvalue weighted by Gasteiger charge is -2.22. The van der Waals surface area contributed by atoms with E-state index in [0.29, 0.717) is 6.54 Å². The third kappa shape index (κ3) is 5.58. The fourth-order valence-electron chi connectivity index (χ4n) is 0.693. The minimum atomic E-state index is -4.98. The zero-order chi connectivity index (χ0) is 12.3. The van der Waals surface area contributed by atoms with Gasteiger partial charge in [0.1, 0.15) is 0 Å². The van der Waals surface area contributed by atoms with Gasteiger partial charge in [0.25, 0.3) is 0 Å². The summed E-state index contributed by atoms with van der Waals surface area (Å²) in [5, 5.41) is 4.12. The van der Waals surface area contributed by atoms with Crippen LogP contribution in [0.2, 0.25) is 0 Å². The van der Waals surface area contributed by atoms with Crippen LogP contribution in [0.4, 0.5) is 0 Å². The van der Waals surface area contributed by atoms with Crippen molar-refractivity contribution in [3.05, 3.63) is 0 Å². The molecule has 0 spiro atoms. The fraction of sp³-hybridized carbons (Fsp3) is 0.750. The molecule has 6 N–H and O–H groups in total. The molecule has 0 rings (SSSR count). The van der Waals surface area contributed by atoms with Crippen molar-refractivity contribution in [1.29, 1.82) is 0 Å². The number of nitrogens with one attached hydrogen (secondary N) is 2. The van der Waals surface area contributed by atoms with Crippen molar-refractivity contribution in [1.82, 2.24) is 10.6 Å². The lowest BCUT2D eigenvalue weighted by atomic mass is 10.7. The van der Waals surface area contributed by atoms with Gasteiger partial charge in [-0.1, -0.05) is 0 Å². The summed E-state index contributed by atoms with van der Waals surface area (Å²) in [4.78, 5) is 34.8. The van der Waals surface area contributed by atoms with E-state index >= 15 is 0 Å². The van der Waals surface area contributed by atoms with Gasteiger partial charge in [0.15, 0.2) is 5.11 Å². The number of rotatable bonds is 4. The molecule has 0 aromatic rings. The number of hydrogen-bond acceptors (Lipinski definition) is 3. The second kappa shape index (κ2) is 5.36. The average molecular weight is 278 g/mol. The molecule has 0 aliphatic heterocycles. The Bertz CT molecular complexity index is 301. The number of hydrogen-bond donors (Lipinski definition) is 6. The van der Waals surface area contributed by atoms with Crippen molar-refractivity contribution in [2.24, 2.45) is 0 Å². The van der Waals surface area contributed by atoms with E-state index in [1.54, 1.807) is 6.92 Å². The normalized spacial score (nSPS) is 12.7. The van der Waals surface area contributed by atoms with Crippen LogP contribution in [0.5, 0.6) is 0 Å². The summed E-state index contributed by atoms with van der Waals surface area (Å²) in [6.07, 6.45) is 0. The average Bonchev–Trinajstić information content (AvgIpc) is 1.96. The lowest BCUT2D eigenvalue weighted by Crippen LogP contribution is -2.41. The zero-order valence-corrected chi connectivity index (χ0v) is 10.3. The first-order valence-electron chi connectivity index (χ1n) is 3.74. The molecular weight excluding hydrogens is 266 g/mol. The van der Waals surface area contributed by atoms with Crippen LogP contribution in [0, 0.1) is 0 Å². The Morgan fingerprint density at radius 1 is 1.27 bits per heavy atom. The van der Waals surface area contributed by atoms with Crippen LogP contribution in [0.3, 0.4) is 0 Å². The maximum atomic E-state index is 10.8. The van der Waals surface area contributed by atoms with E-state index < -0.39 is 20.7 Å². The van der Waals surface area contributed by atoms with Gasteiger partial charge in [-0.05, 0) is 19.1 Å². The summed E-state index contributed by atoms with van der Waals surface area (Å²) in [5.74, 6) is 0. The summed E-state index contributed by atoms with van der Waals surface area (Å²) in [6, 6.07) is 0. The van der Waals surface area contributed by atoms with Crippen LogP contribution in [0.25, 0.3) is 0 Å². The summed E-state index contributed by atoms with van der Waals surface area (Å²) >= 11 is 4.56. The van der Waals surface area contributed by atoms with E-state index in [1.807, 2.05) is 5.32 Å². The van der Waals surface area contributed by atoms with Crippen LogP contribution >= 0.6 is 27.4 Å². The predicted octanol–water partition coefficient (Wildman–Crippen LogP) is -0.891. The Morgan fingerprint density at radius 3 is 1.93 bits per heavy atom. The molecule has 0 aliphatic carbocycles. The molecule has 0 heterocycles. The van der Waals surface area contributed by atoms with E-state index in [-0.39, 0.29) is 5.11 Å². The first-order valence-corrected chi connectivity index (χ1v) is 7.51. The SMILES string of the molecule is CCNC(=S)NC(P(=O)(O)O)P(=O)(O)O. The van der Waals surface area contributed by atoms with Crippen LogP contribution in [-0.4, -0.2) is 36.8 Å². The maximum Gasteiger partial charge on any atom is 0.360 e. The molecule has 0 aliphatic rings. The maximum absolute atomic E-state index is 10.8. The smallest absolute Gasteiger partial charge is 0.360 e. The number of thiocarbonyl (C=S) groups is 1. The van der Waals surface area contributed by atoms with Crippen molar-refractivity contribution >= 4 is 32.5 Å². The molecule has 0 fully saturated rings. The highest BCUT2D eigenvalue weighted by molar-refractivity contribution is 7.80. The molecule has 0 radical (unpaired) electrons. The van der Waals surface area contributed by atoms with Gasteiger partial charge >= 0.3 is 15.2 Å². The van der Waals surface area contributed by atoms with Gasteiger partial charge in [-0.2, -0.15) is 0 Å². The highest BCUT2D eigenvalue weighted by Crippen LogP contribution is 2.58. The van der Waals surface area contributed by atoms with Crippen molar-refractivity contribution in [3.63, 3.8) is 0 Å². The van der Waals surface area contributed by atoms with Crippen LogP contribution in [0.15, 0.2) is 0 Å². The summed E-state index contributed by atoms with van der Waals surface area (Å²) in [5.41, 5.74) is -2.31. The van der Waals surface area contributed by atoms with Gasteiger partial charge in [-0.3, -0.25) is 9.13 Å². The van der Waals surface area contributed by atoms with E-state index in [0.717, 1.165) is 0 Å². The quantitative estimate of drug-likeness (QED) is 0.285. The molecule has 90 valence electrons. The van der Waals surface area contributed by atoms with E-state index in [2.05, 4.69) is 17.5 Å². The second-order valence-electron chi connectivity index (χ2n) is 2.56. The molecule has 0 aromatic carbocycles. The van der Waals surface area contributed by atoms with Gasteiger partial charge < -0.3 is 30.2 Å². The molecule has 0 saturated carbocycles. The molecule has 11 heteroatoms. The lowest BCUT2D eigenvalue weighted by molar-refractivity contribution is 0.335. The summed E-state index contributed by atoms with van der Waals surface area (Å²) in [7, 11) is -9.95. The van der Waals surface area contributed by atoms with Gasteiger partial charge in [0, 0.05) is 6.54 Å². The Morgan fingerprint density at radius 2 is 1.67 bits per heavy atom. The minimum absolute atomic E-state index is 0.228. The van der Waals surface area contributed by atoms with Crippen LogP contribution < -0.4 is 10.6 Å². The molecule has 0 unspecified atom stereocenters. The molecule has 0 atom stereocenters. The van der Waals surface area contributed by atoms with Gasteiger partial charge in [-0.15, -0.1) is 0 Å². The molecule has 0 amide bonds. The Hall–Kier alpha value is -0.0100. The second-order valence-corrected chi connectivity index (χ2v) is 6.76. The molecular formula is C4H12N2O6P2S. The van der Waals surface area contributed by atoms with Crippen LogP contribution in [0.1, 0.15) is 6.92 Å². The monoisotopic (exact) mass is 278 g/mol. The van der Waals surface area contributed by atoms with Crippen molar-refractivity contribution in [3.8, 4) is 0 Å². The molecule has 8 nitrogen and oxygen atoms in total. The van der Waals surface area contributed by atoms with E-state index in [4.69, 9.17) is 19.6 Å². The van der Waals surface area contributed by atoms with Crippen molar-refractivity contribution in [2.45, 2.75) is 12.4 Å². The fourth-order valence-corrected chi connectivity index (χ4v) is 3.29.